The molecule has 0 aliphatic heterocycles. The minimum Gasteiger partial charge on any atom is -0.374 e. The van der Waals surface area contributed by atoms with Gasteiger partial charge in [-0.05, 0) is 32.3 Å². The summed E-state index contributed by atoms with van der Waals surface area (Å²) < 4.78 is 17.0. The van der Waals surface area contributed by atoms with Crippen molar-refractivity contribution >= 4 is 0 Å². The number of aliphatic hydroxyl groups is 1. The molecule has 2 rings (SSSR count). The van der Waals surface area contributed by atoms with Crippen molar-refractivity contribution < 1.29 is 19.3 Å². The van der Waals surface area contributed by atoms with Gasteiger partial charge in [0.1, 0.15) is 0 Å². The summed E-state index contributed by atoms with van der Waals surface area (Å²) in [5.41, 5.74) is 7.11. The van der Waals surface area contributed by atoms with Crippen LogP contribution in [0, 0.1) is 0 Å². The fraction of sp³-hybridized carbons (Fsp3) is 0.647. The van der Waals surface area contributed by atoms with E-state index in [4.69, 9.17) is 19.9 Å². The van der Waals surface area contributed by atoms with Gasteiger partial charge < -0.3 is 25.1 Å². The molecule has 5 nitrogen and oxygen atoms in total. The van der Waals surface area contributed by atoms with E-state index < -0.39 is 5.79 Å². The first-order valence-electron chi connectivity index (χ1n) is 7.83. The highest BCUT2D eigenvalue weighted by Gasteiger charge is 2.36. The van der Waals surface area contributed by atoms with Gasteiger partial charge >= 0.3 is 0 Å². The zero-order chi connectivity index (χ0) is 16.0. The lowest BCUT2D eigenvalue weighted by Gasteiger charge is -2.27. The van der Waals surface area contributed by atoms with Crippen LogP contribution in [0.3, 0.4) is 0 Å². The van der Waals surface area contributed by atoms with Crippen molar-refractivity contribution in [1.29, 1.82) is 0 Å². The Labute approximate surface area is 132 Å². The molecular formula is C17H27NO4. The van der Waals surface area contributed by atoms with Gasteiger partial charge in [0.25, 0.3) is 0 Å². The van der Waals surface area contributed by atoms with E-state index in [2.05, 4.69) is 0 Å². The fourth-order valence-electron chi connectivity index (χ4n) is 2.69. The first-order valence-corrected chi connectivity index (χ1v) is 7.83. The Bertz CT molecular complexity index is 432. The van der Waals surface area contributed by atoms with Gasteiger partial charge in [0.15, 0.2) is 5.79 Å². The average molecular weight is 309 g/mol. The molecule has 0 heterocycles. The fourth-order valence-corrected chi connectivity index (χ4v) is 2.69. The lowest BCUT2D eigenvalue weighted by Crippen LogP contribution is -2.36. The molecule has 22 heavy (non-hydrogen) atoms. The monoisotopic (exact) mass is 309 g/mol. The predicted molar refractivity (Wildman–Crippen MR) is 84.2 cm³/mol. The Morgan fingerprint density at radius 2 is 1.82 bits per heavy atom. The lowest BCUT2D eigenvalue weighted by molar-refractivity contribution is -0.224. The van der Waals surface area contributed by atoms with Crippen molar-refractivity contribution in [3.8, 4) is 0 Å². The van der Waals surface area contributed by atoms with Gasteiger partial charge in [0.2, 0.25) is 0 Å². The molecule has 0 aromatic heterocycles. The van der Waals surface area contributed by atoms with Crippen LogP contribution in [0.2, 0.25) is 0 Å². The van der Waals surface area contributed by atoms with Crippen LogP contribution in [0.1, 0.15) is 32.3 Å². The standard InChI is InChI=1S/C17H27NO4/c1-17(2,19)22-16-11-14(18)10-15(16)21-9-8-20-12-13-6-4-3-5-7-13/h3-7,14-16,19H,8-12,18H2,1-2H3/t14-,15+,16+/m1/s1. The molecule has 0 saturated heterocycles. The summed E-state index contributed by atoms with van der Waals surface area (Å²) in [6.45, 7) is 4.84. The zero-order valence-electron chi connectivity index (χ0n) is 13.4. The minimum atomic E-state index is -1.17. The third-order valence-corrected chi connectivity index (χ3v) is 3.60. The lowest BCUT2D eigenvalue weighted by atomic mass is 10.2. The maximum Gasteiger partial charge on any atom is 0.160 e. The highest BCUT2D eigenvalue weighted by molar-refractivity contribution is 5.13. The zero-order valence-corrected chi connectivity index (χ0v) is 13.4. The molecule has 3 atom stereocenters. The average Bonchev–Trinajstić information content (AvgIpc) is 2.77. The summed E-state index contributed by atoms with van der Waals surface area (Å²) in [7, 11) is 0. The van der Waals surface area contributed by atoms with Gasteiger partial charge in [-0.25, -0.2) is 0 Å². The highest BCUT2D eigenvalue weighted by atomic mass is 16.6. The van der Waals surface area contributed by atoms with Crippen LogP contribution in [0.15, 0.2) is 30.3 Å². The van der Waals surface area contributed by atoms with Gasteiger partial charge in [-0.3, -0.25) is 0 Å². The maximum atomic E-state index is 9.77. The molecule has 1 aliphatic rings. The summed E-state index contributed by atoms with van der Waals surface area (Å²) >= 11 is 0. The van der Waals surface area contributed by atoms with Gasteiger partial charge in [0, 0.05) is 6.04 Å². The smallest absolute Gasteiger partial charge is 0.160 e. The first kappa shape index (κ1) is 17.4. The van der Waals surface area contributed by atoms with E-state index in [1.807, 2.05) is 30.3 Å². The molecule has 0 amide bonds. The molecule has 0 bridgehead atoms. The number of hydrogen-bond acceptors (Lipinski definition) is 5. The van der Waals surface area contributed by atoms with Crippen LogP contribution in [0.4, 0.5) is 0 Å². The molecular weight excluding hydrogens is 282 g/mol. The topological polar surface area (TPSA) is 73.9 Å². The molecule has 1 aromatic rings. The maximum absolute atomic E-state index is 9.77. The number of ether oxygens (including phenoxy) is 3. The van der Waals surface area contributed by atoms with E-state index in [1.165, 1.54) is 0 Å². The molecule has 1 fully saturated rings. The molecule has 1 aliphatic carbocycles. The van der Waals surface area contributed by atoms with Crippen LogP contribution in [0.5, 0.6) is 0 Å². The summed E-state index contributed by atoms with van der Waals surface area (Å²) in [6, 6.07) is 10.1. The van der Waals surface area contributed by atoms with Crippen LogP contribution in [-0.4, -0.2) is 42.4 Å². The Hall–Kier alpha value is -0.980. The second-order valence-electron chi connectivity index (χ2n) is 6.28. The van der Waals surface area contributed by atoms with E-state index in [0.717, 1.165) is 12.0 Å². The number of hydrogen-bond donors (Lipinski definition) is 2. The Balaban J connectivity index is 1.66. The van der Waals surface area contributed by atoms with Crippen LogP contribution in [-0.2, 0) is 20.8 Å². The highest BCUT2D eigenvalue weighted by Crippen LogP contribution is 2.27. The predicted octanol–water partition coefficient (Wildman–Crippen LogP) is 1.82. The Morgan fingerprint density at radius 3 is 2.50 bits per heavy atom. The molecule has 5 heteroatoms. The molecule has 1 saturated carbocycles. The van der Waals surface area contributed by atoms with Crippen molar-refractivity contribution in [2.24, 2.45) is 5.73 Å². The third-order valence-electron chi connectivity index (χ3n) is 3.60. The number of nitrogens with two attached hydrogens (primary N) is 1. The summed E-state index contributed by atoms with van der Waals surface area (Å²) in [6.07, 6.45) is 1.21. The molecule has 3 N–H and O–H groups in total. The minimum absolute atomic E-state index is 0.0580. The van der Waals surface area contributed by atoms with Crippen molar-refractivity contribution in [2.75, 3.05) is 13.2 Å². The first-order chi connectivity index (χ1) is 10.4. The van der Waals surface area contributed by atoms with Crippen LogP contribution < -0.4 is 5.73 Å². The van der Waals surface area contributed by atoms with E-state index in [9.17, 15) is 5.11 Å². The Morgan fingerprint density at radius 1 is 1.14 bits per heavy atom. The van der Waals surface area contributed by atoms with Crippen molar-refractivity contribution in [2.45, 2.75) is 57.3 Å². The third kappa shape index (κ3) is 6.02. The summed E-state index contributed by atoms with van der Waals surface area (Å²) in [5.74, 6) is -1.17. The van der Waals surface area contributed by atoms with Crippen molar-refractivity contribution in [3.63, 3.8) is 0 Å². The molecule has 0 radical (unpaired) electrons. The van der Waals surface area contributed by atoms with E-state index in [-0.39, 0.29) is 18.2 Å². The second kappa shape index (κ2) is 8.04. The Kier molecular flexibility index (Phi) is 6.35. The SMILES string of the molecule is CC(C)(O)O[C@H]1C[C@H](N)C[C@@H]1OCCOCc1ccccc1. The van der Waals surface area contributed by atoms with Crippen molar-refractivity contribution in [1.82, 2.24) is 0 Å². The van der Waals surface area contributed by atoms with E-state index in [1.54, 1.807) is 13.8 Å². The molecule has 0 spiro atoms. The van der Waals surface area contributed by atoms with Gasteiger partial charge in [0.05, 0.1) is 32.0 Å². The number of rotatable bonds is 8. The number of benzene rings is 1. The summed E-state index contributed by atoms with van der Waals surface area (Å²) in [5, 5.41) is 9.77. The van der Waals surface area contributed by atoms with Crippen molar-refractivity contribution in [3.05, 3.63) is 35.9 Å². The van der Waals surface area contributed by atoms with Gasteiger partial charge in [-0.2, -0.15) is 0 Å². The normalized spacial score (nSPS) is 25.5. The molecule has 124 valence electrons. The summed E-state index contributed by atoms with van der Waals surface area (Å²) in [4.78, 5) is 0. The van der Waals surface area contributed by atoms with Gasteiger partial charge in [-0.15, -0.1) is 0 Å². The molecule has 0 unspecified atom stereocenters. The second-order valence-corrected chi connectivity index (χ2v) is 6.28. The molecule has 1 aromatic carbocycles. The van der Waals surface area contributed by atoms with Crippen LogP contribution in [0.25, 0.3) is 0 Å². The van der Waals surface area contributed by atoms with Gasteiger partial charge in [-0.1, -0.05) is 30.3 Å². The largest absolute Gasteiger partial charge is 0.374 e. The van der Waals surface area contributed by atoms with E-state index >= 15 is 0 Å². The quantitative estimate of drug-likeness (QED) is 0.566. The van der Waals surface area contributed by atoms with E-state index in [0.29, 0.717) is 26.2 Å². The van der Waals surface area contributed by atoms with Crippen LogP contribution >= 0.6 is 0 Å².